The van der Waals surface area contributed by atoms with Crippen molar-refractivity contribution in [1.82, 2.24) is 0 Å². The van der Waals surface area contributed by atoms with Crippen LogP contribution >= 0.6 is 11.6 Å². The fourth-order valence-corrected chi connectivity index (χ4v) is 0.925. The first-order valence-electron chi connectivity index (χ1n) is 2.89. The van der Waals surface area contributed by atoms with E-state index >= 15 is 0 Å². The number of hydrogen-bond acceptors (Lipinski definition) is 2. The van der Waals surface area contributed by atoms with E-state index in [1.54, 1.807) is 13.0 Å². The molecule has 1 rings (SSSR count). The maximum atomic E-state index is 10.6. The predicted octanol–water partition coefficient (Wildman–Crippen LogP) is 1.61. The maximum Gasteiger partial charge on any atom is 0.331 e. The zero-order valence-electron chi connectivity index (χ0n) is 5.56. The topological polar surface area (TPSA) is 26.3 Å². The fourth-order valence-electron chi connectivity index (χ4n) is 0.698. The Morgan fingerprint density at radius 1 is 1.60 bits per heavy atom. The number of halogens is 1. The number of esters is 1. The summed E-state index contributed by atoms with van der Waals surface area (Å²) in [5, 5.41) is 0.555. The molecule has 0 amide bonds. The van der Waals surface area contributed by atoms with Crippen LogP contribution in [0.25, 0.3) is 0 Å². The molecular weight excluding hydrogens is 152 g/mol. The number of ether oxygens (including phenoxy) is 1. The molecule has 0 atom stereocenters. The Bertz CT molecular complexity index is 216. The second kappa shape index (κ2) is 2.88. The highest BCUT2D eigenvalue weighted by Crippen LogP contribution is 2.11. The molecule has 0 fully saturated rings. The predicted molar refractivity (Wildman–Crippen MR) is 38.7 cm³/mol. The van der Waals surface area contributed by atoms with Crippen LogP contribution in [0.15, 0.2) is 22.8 Å². The van der Waals surface area contributed by atoms with Crippen molar-refractivity contribution in [1.29, 1.82) is 0 Å². The van der Waals surface area contributed by atoms with E-state index in [9.17, 15) is 4.79 Å². The van der Waals surface area contributed by atoms with Gasteiger partial charge in [-0.3, -0.25) is 0 Å². The molecule has 0 saturated heterocycles. The lowest BCUT2D eigenvalue weighted by atomic mass is 10.3. The van der Waals surface area contributed by atoms with Crippen molar-refractivity contribution in [3.8, 4) is 0 Å². The quantitative estimate of drug-likeness (QED) is 0.501. The molecule has 1 aliphatic rings. The normalized spacial score (nSPS) is 18.8. The summed E-state index contributed by atoms with van der Waals surface area (Å²) in [6.45, 7) is 1.99. The lowest BCUT2D eigenvalue weighted by Gasteiger charge is -1.94. The van der Waals surface area contributed by atoms with Gasteiger partial charge >= 0.3 is 5.97 Å². The second-order valence-corrected chi connectivity index (χ2v) is 2.57. The molecule has 0 unspecified atom stereocenters. The lowest BCUT2D eigenvalue weighted by molar-refractivity contribution is -0.136. The van der Waals surface area contributed by atoms with Gasteiger partial charge in [-0.15, -0.1) is 0 Å². The molecule has 0 aliphatic carbocycles. The summed E-state index contributed by atoms with van der Waals surface area (Å²) < 4.78 is 4.67. The molecule has 0 N–H and O–H groups in total. The highest BCUT2D eigenvalue weighted by molar-refractivity contribution is 6.30. The summed E-state index contributed by atoms with van der Waals surface area (Å²) in [6.07, 6.45) is 3.13. The van der Waals surface area contributed by atoms with E-state index in [2.05, 4.69) is 4.74 Å². The molecule has 10 heavy (non-hydrogen) atoms. The van der Waals surface area contributed by atoms with Crippen molar-refractivity contribution in [3.63, 3.8) is 0 Å². The first-order chi connectivity index (χ1) is 4.68. The van der Waals surface area contributed by atoms with Crippen LogP contribution in [-0.4, -0.2) is 12.6 Å². The molecule has 1 heterocycles. The van der Waals surface area contributed by atoms with Gasteiger partial charge in [0, 0.05) is 6.08 Å². The van der Waals surface area contributed by atoms with E-state index in [0.717, 1.165) is 5.57 Å². The third-order valence-electron chi connectivity index (χ3n) is 1.08. The van der Waals surface area contributed by atoms with E-state index < -0.39 is 0 Å². The summed E-state index contributed by atoms with van der Waals surface area (Å²) in [4.78, 5) is 10.6. The number of hydrogen-bond donors (Lipinski definition) is 0. The highest BCUT2D eigenvalue weighted by atomic mass is 35.5. The van der Waals surface area contributed by atoms with E-state index in [1.165, 1.54) is 6.08 Å². The molecule has 0 bridgehead atoms. The van der Waals surface area contributed by atoms with Gasteiger partial charge in [0.25, 0.3) is 0 Å². The molecule has 0 radical (unpaired) electrons. The number of allylic oxidation sites excluding steroid dienone is 2. The van der Waals surface area contributed by atoms with Crippen LogP contribution in [0.3, 0.4) is 0 Å². The van der Waals surface area contributed by atoms with Gasteiger partial charge in [0.05, 0.1) is 5.03 Å². The van der Waals surface area contributed by atoms with Crippen LogP contribution in [0.2, 0.25) is 0 Å². The Balaban J connectivity index is 2.82. The number of cyclic esters (lactones) is 1. The van der Waals surface area contributed by atoms with E-state index in [4.69, 9.17) is 11.6 Å². The fraction of sp³-hybridized carbons (Fsp3) is 0.286. The molecule has 0 saturated carbocycles. The summed E-state index contributed by atoms with van der Waals surface area (Å²) in [5.74, 6) is -0.329. The zero-order chi connectivity index (χ0) is 7.56. The third kappa shape index (κ3) is 1.88. The Labute approximate surface area is 64.1 Å². The molecule has 0 aromatic heterocycles. The third-order valence-corrected chi connectivity index (χ3v) is 1.30. The Kier molecular flexibility index (Phi) is 2.12. The maximum absolute atomic E-state index is 10.6. The molecule has 0 aromatic carbocycles. The van der Waals surface area contributed by atoms with Crippen molar-refractivity contribution in [2.75, 3.05) is 6.61 Å². The number of carbonyl (C=O) groups excluding carboxylic acids is 1. The van der Waals surface area contributed by atoms with E-state index in [-0.39, 0.29) is 12.6 Å². The van der Waals surface area contributed by atoms with Gasteiger partial charge in [-0.25, -0.2) is 4.79 Å². The van der Waals surface area contributed by atoms with Gasteiger partial charge in [0.1, 0.15) is 6.61 Å². The zero-order valence-corrected chi connectivity index (χ0v) is 6.31. The van der Waals surface area contributed by atoms with E-state index in [1.807, 2.05) is 0 Å². The van der Waals surface area contributed by atoms with Gasteiger partial charge in [-0.05, 0) is 18.6 Å². The van der Waals surface area contributed by atoms with Gasteiger partial charge in [0.2, 0.25) is 0 Å². The Morgan fingerprint density at radius 2 is 2.30 bits per heavy atom. The monoisotopic (exact) mass is 158 g/mol. The molecule has 0 aromatic rings. The molecule has 1 aliphatic heterocycles. The van der Waals surface area contributed by atoms with Gasteiger partial charge in [-0.1, -0.05) is 11.6 Å². The molecule has 3 heteroatoms. The van der Waals surface area contributed by atoms with Crippen LogP contribution in [-0.2, 0) is 9.53 Å². The first kappa shape index (κ1) is 7.35. The SMILES string of the molecule is CC1=CC(=O)OCC(Cl)=C1. The first-order valence-corrected chi connectivity index (χ1v) is 3.27. The lowest BCUT2D eigenvalue weighted by Crippen LogP contribution is -1.99. The molecule has 0 spiro atoms. The minimum absolute atomic E-state index is 0.189. The van der Waals surface area contributed by atoms with Crippen LogP contribution in [0.4, 0.5) is 0 Å². The van der Waals surface area contributed by atoms with Crippen LogP contribution < -0.4 is 0 Å². The van der Waals surface area contributed by atoms with Crippen LogP contribution in [0.1, 0.15) is 6.92 Å². The number of rotatable bonds is 0. The average molecular weight is 159 g/mol. The average Bonchev–Trinajstić information content (AvgIpc) is 1.93. The van der Waals surface area contributed by atoms with Gasteiger partial charge in [0.15, 0.2) is 0 Å². The molecule has 2 nitrogen and oxygen atoms in total. The molecule has 54 valence electrons. The summed E-state index contributed by atoms with van der Waals surface area (Å²) >= 11 is 5.62. The van der Waals surface area contributed by atoms with Gasteiger partial charge < -0.3 is 4.74 Å². The van der Waals surface area contributed by atoms with Crippen molar-refractivity contribution in [3.05, 3.63) is 22.8 Å². The van der Waals surface area contributed by atoms with Crippen molar-refractivity contribution in [2.24, 2.45) is 0 Å². The minimum Gasteiger partial charge on any atom is -0.457 e. The Hall–Kier alpha value is -0.760. The smallest absolute Gasteiger partial charge is 0.331 e. The highest BCUT2D eigenvalue weighted by Gasteiger charge is 2.04. The largest absolute Gasteiger partial charge is 0.457 e. The second-order valence-electron chi connectivity index (χ2n) is 2.09. The van der Waals surface area contributed by atoms with Crippen molar-refractivity contribution in [2.45, 2.75) is 6.92 Å². The minimum atomic E-state index is -0.329. The summed E-state index contributed by atoms with van der Waals surface area (Å²) in [6, 6.07) is 0. The molecular formula is C7H7ClO2. The summed E-state index contributed by atoms with van der Waals surface area (Å²) in [5.41, 5.74) is 0.826. The number of carbonyl (C=O) groups is 1. The Morgan fingerprint density at radius 3 is 3.00 bits per heavy atom. The van der Waals surface area contributed by atoms with Gasteiger partial charge in [-0.2, -0.15) is 0 Å². The van der Waals surface area contributed by atoms with Crippen molar-refractivity contribution < 1.29 is 9.53 Å². The van der Waals surface area contributed by atoms with Crippen LogP contribution in [0.5, 0.6) is 0 Å². The van der Waals surface area contributed by atoms with E-state index in [0.29, 0.717) is 5.03 Å². The van der Waals surface area contributed by atoms with Crippen molar-refractivity contribution >= 4 is 17.6 Å². The summed E-state index contributed by atoms with van der Waals surface area (Å²) in [7, 11) is 0. The van der Waals surface area contributed by atoms with Crippen LogP contribution in [0, 0.1) is 0 Å². The standard InChI is InChI=1S/C7H7ClO2/c1-5-2-6(8)4-10-7(9)3-5/h2-3H,4H2,1H3.